The second kappa shape index (κ2) is 43.1. The molecule has 0 spiro atoms. The van der Waals surface area contributed by atoms with E-state index in [0.29, 0.717) is 145 Å². The van der Waals surface area contributed by atoms with Crippen molar-refractivity contribution in [3.63, 3.8) is 0 Å². The predicted molar refractivity (Wildman–Crippen MR) is 200 cm³/mol. The molecular weight excluding hydrogens is 664 g/mol. The summed E-state index contributed by atoms with van der Waals surface area (Å²) in [7, 11) is -1.45. The van der Waals surface area contributed by atoms with Crippen molar-refractivity contribution in [2.75, 3.05) is 152 Å². The normalized spacial score (nSPS) is 12.0. The first kappa shape index (κ1) is 49.7. The number of unbranched alkanes of at least 4 members (excludes halogenated alkanes) is 9. The molecule has 0 aromatic rings. The van der Waals surface area contributed by atoms with Gasteiger partial charge in [-0.25, -0.2) is 0 Å². The third-order valence-electron chi connectivity index (χ3n) is 7.13. The van der Waals surface area contributed by atoms with Crippen LogP contribution in [0.5, 0.6) is 0 Å². The minimum atomic E-state index is -1.45. The second-order valence-electron chi connectivity index (χ2n) is 12.9. The van der Waals surface area contributed by atoms with Gasteiger partial charge in [0.05, 0.1) is 145 Å². The highest BCUT2D eigenvalue weighted by Crippen LogP contribution is 2.10. The van der Waals surface area contributed by atoms with Crippen LogP contribution in [0.25, 0.3) is 0 Å². The van der Waals surface area contributed by atoms with Gasteiger partial charge in [0.1, 0.15) is 0 Å². The molecule has 0 saturated carbocycles. The van der Waals surface area contributed by atoms with Crippen LogP contribution in [0.1, 0.15) is 71.1 Å². The standard InChI is InChI=1S/C37H78O12Si/c1-5-6-7-8-9-10-11-12-13-14-15-38-16-17-39-18-19-40-20-21-41-22-23-42-24-25-43-26-27-44-28-29-45-30-31-46-32-33-47-34-35-48-36-37-49-50(2,3)4/h5-37H2,1-4H3. The molecule has 0 unspecified atom stereocenters. The summed E-state index contributed by atoms with van der Waals surface area (Å²) < 4.78 is 66.4. The van der Waals surface area contributed by atoms with E-state index in [1.165, 1.54) is 57.8 Å². The van der Waals surface area contributed by atoms with Gasteiger partial charge in [-0.1, -0.05) is 64.7 Å². The summed E-state index contributed by atoms with van der Waals surface area (Å²) in [5, 5.41) is 0. The zero-order valence-corrected chi connectivity index (χ0v) is 33.7. The number of hydrogen-bond acceptors (Lipinski definition) is 12. The second-order valence-corrected chi connectivity index (χ2v) is 17.4. The van der Waals surface area contributed by atoms with Crippen molar-refractivity contribution in [2.45, 2.75) is 90.8 Å². The third-order valence-corrected chi connectivity index (χ3v) is 8.20. The minimum Gasteiger partial charge on any atom is -0.415 e. The molecule has 0 aliphatic rings. The summed E-state index contributed by atoms with van der Waals surface area (Å²) in [5.41, 5.74) is 0. The maximum atomic E-state index is 5.72. The van der Waals surface area contributed by atoms with Crippen LogP contribution in [0.2, 0.25) is 19.6 Å². The van der Waals surface area contributed by atoms with E-state index in [2.05, 4.69) is 26.6 Å². The summed E-state index contributed by atoms with van der Waals surface area (Å²) >= 11 is 0. The molecule has 50 heavy (non-hydrogen) atoms. The first-order chi connectivity index (χ1) is 24.6. The Morgan fingerprint density at radius 1 is 0.240 bits per heavy atom. The molecule has 0 heterocycles. The zero-order chi connectivity index (χ0) is 36.3. The molecule has 0 atom stereocenters. The van der Waals surface area contributed by atoms with E-state index in [1.807, 2.05) is 0 Å². The Balaban J connectivity index is 3.06. The van der Waals surface area contributed by atoms with Crippen LogP contribution in [0.3, 0.4) is 0 Å². The van der Waals surface area contributed by atoms with Crippen LogP contribution >= 0.6 is 0 Å². The Labute approximate surface area is 307 Å². The van der Waals surface area contributed by atoms with Gasteiger partial charge in [-0.05, 0) is 26.1 Å². The Bertz CT molecular complexity index is 616. The van der Waals surface area contributed by atoms with Crippen molar-refractivity contribution in [3.8, 4) is 0 Å². The van der Waals surface area contributed by atoms with Crippen molar-refractivity contribution in [1.29, 1.82) is 0 Å². The fourth-order valence-corrected chi connectivity index (χ4v) is 5.10. The molecule has 0 saturated heterocycles. The molecule has 0 fully saturated rings. The highest BCUT2D eigenvalue weighted by molar-refractivity contribution is 6.69. The Morgan fingerprint density at radius 2 is 0.440 bits per heavy atom. The molecule has 0 radical (unpaired) electrons. The van der Waals surface area contributed by atoms with Crippen molar-refractivity contribution >= 4 is 8.32 Å². The van der Waals surface area contributed by atoms with E-state index in [1.54, 1.807) is 0 Å². The Morgan fingerprint density at radius 3 is 0.680 bits per heavy atom. The Hall–Kier alpha value is -0.263. The van der Waals surface area contributed by atoms with Gasteiger partial charge in [-0.2, -0.15) is 0 Å². The molecule has 0 N–H and O–H groups in total. The molecule has 0 aromatic heterocycles. The molecule has 12 nitrogen and oxygen atoms in total. The average molecular weight is 743 g/mol. The van der Waals surface area contributed by atoms with Crippen molar-refractivity contribution in [2.24, 2.45) is 0 Å². The minimum absolute atomic E-state index is 0.521. The third kappa shape index (κ3) is 47.7. The smallest absolute Gasteiger partial charge is 0.183 e. The van der Waals surface area contributed by atoms with Crippen LogP contribution < -0.4 is 0 Å². The van der Waals surface area contributed by atoms with Gasteiger partial charge >= 0.3 is 0 Å². The monoisotopic (exact) mass is 743 g/mol. The summed E-state index contributed by atoms with van der Waals surface area (Å²) in [4.78, 5) is 0. The van der Waals surface area contributed by atoms with E-state index < -0.39 is 8.32 Å². The first-order valence-electron chi connectivity index (χ1n) is 19.6. The van der Waals surface area contributed by atoms with E-state index in [9.17, 15) is 0 Å². The summed E-state index contributed by atoms with van der Waals surface area (Å²) in [6, 6.07) is 0. The van der Waals surface area contributed by atoms with Crippen LogP contribution in [0.15, 0.2) is 0 Å². The van der Waals surface area contributed by atoms with Gasteiger partial charge in [-0.3, -0.25) is 0 Å². The first-order valence-corrected chi connectivity index (χ1v) is 23.0. The molecule has 302 valence electrons. The summed E-state index contributed by atoms with van der Waals surface area (Å²) in [6.45, 7) is 21.8. The van der Waals surface area contributed by atoms with Gasteiger partial charge in [0.2, 0.25) is 0 Å². The molecule has 0 aliphatic carbocycles. The van der Waals surface area contributed by atoms with Gasteiger partial charge < -0.3 is 56.5 Å². The van der Waals surface area contributed by atoms with E-state index in [4.69, 9.17) is 56.5 Å². The SMILES string of the molecule is CCCCCCCCCCCCOCCOCCOCCOCCOCCOCCOCCOCCOCCOCCOCCO[Si](C)(C)C. The van der Waals surface area contributed by atoms with E-state index in [-0.39, 0.29) is 0 Å². The molecule has 13 heteroatoms. The summed E-state index contributed by atoms with van der Waals surface area (Å²) in [6.07, 6.45) is 13.4. The van der Waals surface area contributed by atoms with Crippen molar-refractivity contribution in [3.05, 3.63) is 0 Å². The van der Waals surface area contributed by atoms with Gasteiger partial charge in [0.25, 0.3) is 0 Å². The largest absolute Gasteiger partial charge is 0.415 e. The lowest BCUT2D eigenvalue weighted by atomic mass is 10.1. The zero-order valence-electron chi connectivity index (χ0n) is 32.7. The van der Waals surface area contributed by atoms with Crippen LogP contribution in [0, 0.1) is 0 Å². The van der Waals surface area contributed by atoms with Crippen LogP contribution in [0.4, 0.5) is 0 Å². The lowest BCUT2D eigenvalue weighted by molar-refractivity contribution is -0.0277. The fourth-order valence-electron chi connectivity index (χ4n) is 4.40. The summed E-state index contributed by atoms with van der Waals surface area (Å²) in [5.74, 6) is 0. The lowest BCUT2D eigenvalue weighted by Gasteiger charge is -2.16. The quantitative estimate of drug-likeness (QED) is 0.0544. The van der Waals surface area contributed by atoms with Gasteiger partial charge in [-0.15, -0.1) is 0 Å². The number of hydrogen-bond donors (Lipinski definition) is 0. The predicted octanol–water partition coefficient (Wildman–Crippen LogP) is 5.94. The molecule has 0 bridgehead atoms. The van der Waals surface area contributed by atoms with Crippen molar-refractivity contribution in [1.82, 2.24) is 0 Å². The van der Waals surface area contributed by atoms with E-state index in [0.717, 1.165) is 13.0 Å². The molecule has 0 rings (SSSR count). The van der Waals surface area contributed by atoms with Gasteiger partial charge in [0.15, 0.2) is 8.32 Å². The Kier molecular flexibility index (Phi) is 42.9. The highest BCUT2D eigenvalue weighted by Gasteiger charge is 2.13. The maximum Gasteiger partial charge on any atom is 0.183 e. The molecule has 0 aliphatic heterocycles. The molecule has 0 amide bonds. The maximum absolute atomic E-state index is 5.72. The highest BCUT2D eigenvalue weighted by atomic mass is 28.4. The van der Waals surface area contributed by atoms with E-state index >= 15 is 0 Å². The topological polar surface area (TPSA) is 111 Å². The molecule has 0 aromatic carbocycles. The molecular formula is C37H78O12Si. The van der Waals surface area contributed by atoms with Crippen molar-refractivity contribution < 1.29 is 56.5 Å². The van der Waals surface area contributed by atoms with Crippen LogP contribution in [-0.4, -0.2) is 160 Å². The van der Waals surface area contributed by atoms with Crippen LogP contribution in [-0.2, 0) is 56.5 Å². The number of ether oxygens (including phenoxy) is 11. The lowest BCUT2D eigenvalue weighted by Crippen LogP contribution is -2.27. The number of rotatable bonds is 45. The van der Waals surface area contributed by atoms with Gasteiger partial charge in [0, 0.05) is 6.61 Å². The average Bonchev–Trinajstić information content (AvgIpc) is 3.09. The fraction of sp³-hybridized carbons (Fsp3) is 1.00.